The van der Waals surface area contributed by atoms with E-state index < -0.39 is 11.7 Å². The fourth-order valence-corrected chi connectivity index (χ4v) is 1.80. The number of carbonyl (C=O) groups is 1. The van der Waals surface area contributed by atoms with Crippen LogP contribution < -0.4 is 10.6 Å². The van der Waals surface area contributed by atoms with Gasteiger partial charge < -0.3 is 15.4 Å². The number of nitrogens with zero attached hydrogens (tertiary/aromatic N) is 1. The van der Waals surface area contributed by atoms with Gasteiger partial charge in [-0.05, 0) is 39.0 Å². The molecular formula is C14H18BrN3O2. The van der Waals surface area contributed by atoms with E-state index in [1.807, 2.05) is 32.9 Å². The zero-order valence-corrected chi connectivity index (χ0v) is 13.4. The van der Waals surface area contributed by atoms with Crippen molar-refractivity contribution in [2.75, 3.05) is 18.4 Å². The van der Waals surface area contributed by atoms with Gasteiger partial charge in [-0.15, -0.1) is 0 Å². The second-order valence-corrected chi connectivity index (χ2v) is 6.07. The van der Waals surface area contributed by atoms with E-state index in [1.54, 1.807) is 6.07 Å². The van der Waals surface area contributed by atoms with Gasteiger partial charge >= 0.3 is 6.09 Å². The van der Waals surface area contributed by atoms with Crippen LogP contribution in [0.3, 0.4) is 0 Å². The molecule has 1 rings (SSSR count). The van der Waals surface area contributed by atoms with Crippen molar-refractivity contribution in [3.05, 3.63) is 28.2 Å². The van der Waals surface area contributed by atoms with Gasteiger partial charge in [-0.2, -0.15) is 5.26 Å². The third-order valence-electron chi connectivity index (χ3n) is 2.21. The maximum Gasteiger partial charge on any atom is 0.407 e. The third-order valence-corrected chi connectivity index (χ3v) is 2.70. The zero-order valence-electron chi connectivity index (χ0n) is 11.8. The van der Waals surface area contributed by atoms with Gasteiger partial charge in [-0.1, -0.05) is 15.9 Å². The number of nitriles is 1. The molecule has 0 atom stereocenters. The number of carbonyl (C=O) groups excluding carboxylic acids is 1. The van der Waals surface area contributed by atoms with E-state index in [0.717, 1.165) is 10.2 Å². The first-order valence-electron chi connectivity index (χ1n) is 6.22. The molecule has 0 saturated heterocycles. The van der Waals surface area contributed by atoms with E-state index in [1.165, 1.54) is 0 Å². The first-order chi connectivity index (χ1) is 9.31. The number of halogens is 1. The lowest BCUT2D eigenvalue weighted by Gasteiger charge is -2.19. The molecule has 1 amide bonds. The van der Waals surface area contributed by atoms with Gasteiger partial charge in [0, 0.05) is 17.6 Å². The molecule has 0 aliphatic heterocycles. The van der Waals surface area contributed by atoms with Gasteiger partial charge in [0.15, 0.2) is 0 Å². The lowest BCUT2D eigenvalue weighted by atomic mass is 10.2. The van der Waals surface area contributed by atoms with Crippen LogP contribution in [0, 0.1) is 11.3 Å². The molecule has 0 spiro atoms. The van der Waals surface area contributed by atoms with Crippen LogP contribution in [0.15, 0.2) is 22.7 Å². The predicted octanol–water partition coefficient (Wildman–Crippen LogP) is 3.26. The standard InChI is InChI=1S/C14H18BrN3O2/c1-14(2,3)20-13(19)18-7-6-17-12-8-11(15)5-4-10(12)9-16/h4-5,8,17H,6-7H2,1-3H3,(H,18,19). The van der Waals surface area contributed by atoms with E-state index in [9.17, 15) is 4.79 Å². The van der Waals surface area contributed by atoms with Gasteiger partial charge in [0.1, 0.15) is 11.7 Å². The van der Waals surface area contributed by atoms with Crippen LogP contribution in [0.4, 0.5) is 10.5 Å². The number of amides is 1. The first-order valence-corrected chi connectivity index (χ1v) is 7.01. The van der Waals surface area contributed by atoms with Crippen LogP contribution in [0.5, 0.6) is 0 Å². The van der Waals surface area contributed by atoms with E-state index in [4.69, 9.17) is 10.00 Å². The number of hydrogen-bond acceptors (Lipinski definition) is 4. The fourth-order valence-electron chi connectivity index (χ4n) is 1.44. The van der Waals surface area contributed by atoms with E-state index in [0.29, 0.717) is 18.7 Å². The zero-order chi connectivity index (χ0) is 15.2. The van der Waals surface area contributed by atoms with Crippen LogP contribution in [0.2, 0.25) is 0 Å². The van der Waals surface area contributed by atoms with Crippen molar-refractivity contribution < 1.29 is 9.53 Å². The first kappa shape index (κ1) is 16.3. The molecule has 0 fully saturated rings. The van der Waals surface area contributed by atoms with Crippen molar-refractivity contribution in [2.45, 2.75) is 26.4 Å². The molecular weight excluding hydrogens is 322 g/mol. The van der Waals surface area contributed by atoms with Crippen molar-refractivity contribution in [1.29, 1.82) is 5.26 Å². The van der Waals surface area contributed by atoms with Crippen molar-refractivity contribution in [3.8, 4) is 6.07 Å². The van der Waals surface area contributed by atoms with Gasteiger partial charge in [-0.25, -0.2) is 4.79 Å². The highest BCUT2D eigenvalue weighted by Gasteiger charge is 2.15. The molecule has 1 aromatic carbocycles. The van der Waals surface area contributed by atoms with Crippen molar-refractivity contribution in [3.63, 3.8) is 0 Å². The Morgan fingerprint density at radius 1 is 1.40 bits per heavy atom. The van der Waals surface area contributed by atoms with Gasteiger partial charge in [0.05, 0.1) is 11.3 Å². The second-order valence-electron chi connectivity index (χ2n) is 5.16. The lowest BCUT2D eigenvalue weighted by molar-refractivity contribution is 0.0530. The summed E-state index contributed by atoms with van der Waals surface area (Å²) in [4.78, 5) is 11.4. The van der Waals surface area contributed by atoms with E-state index >= 15 is 0 Å². The SMILES string of the molecule is CC(C)(C)OC(=O)NCCNc1cc(Br)ccc1C#N. The molecule has 0 aliphatic rings. The Hall–Kier alpha value is -1.74. The van der Waals surface area contributed by atoms with Gasteiger partial charge in [0.25, 0.3) is 0 Å². The predicted molar refractivity (Wildman–Crippen MR) is 81.6 cm³/mol. The summed E-state index contributed by atoms with van der Waals surface area (Å²) in [6.45, 7) is 6.35. The topological polar surface area (TPSA) is 74.2 Å². The average Bonchev–Trinajstić information content (AvgIpc) is 2.33. The van der Waals surface area contributed by atoms with Crippen LogP contribution in [0.25, 0.3) is 0 Å². The second kappa shape index (κ2) is 7.15. The summed E-state index contributed by atoms with van der Waals surface area (Å²) < 4.78 is 6.00. The van der Waals surface area contributed by atoms with Crippen LogP contribution in [0.1, 0.15) is 26.3 Å². The molecule has 0 heterocycles. The minimum atomic E-state index is -0.504. The fraction of sp³-hybridized carbons (Fsp3) is 0.429. The van der Waals surface area contributed by atoms with Crippen LogP contribution >= 0.6 is 15.9 Å². The van der Waals surface area contributed by atoms with Crippen molar-refractivity contribution >= 4 is 27.7 Å². The Morgan fingerprint density at radius 2 is 2.10 bits per heavy atom. The molecule has 1 aromatic rings. The van der Waals surface area contributed by atoms with E-state index in [-0.39, 0.29) is 0 Å². The molecule has 6 heteroatoms. The highest BCUT2D eigenvalue weighted by Crippen LogP contribution is 2.20. The molecule has 108 valence electrons. The summed E-state index contributed by atoms with van der Waals surface area (Å²) in [5.41, 5.74) is 0.786. The molecule has 0 radical (unpaired) electrons. The molecule has 2 N–H and O–H groups in total. The normalized spacial score (nSPS) is 10.6. The summed E-state index contributed by atoms with van der Waals surface area (Å²) in [5, 5.41) is 14.7. The number of rotatable bonds is 4. The maximum atomic E-state index is 11.4. The number of hydrogen-bond donors (Lipinski definition) is 2. The summed E-state index contributed by atoms with van der Waals surface area (Å²) >= 11 is 3.35. The Morgan fingerprint density at radius 3 is 2.70 bits per heavy atom. The maximum absolute atomic E-state index is 11.4. The Balaban J connectivity index is 2.40. The third kappa shape index (κ3) is 5.93. The molecule has 20 heavy (non-hydrogen) atoms. The van der Waals surface area contributed by atoms with Gasteiger partial charge in [0.2, 0.25) is 0 Å². The molecule has 0 aliphatic carbocycles. The highest BCUT2D eigenvalue weighted by atomic mass is 79.9. The Kier molecular flexibility index (Phi) is 5.83. The summed E-state index contributed by atoms with van der Waals surface area (Å²) in [5.74, 6) is 0. The van der Waals surface area contributed by atoms with Crippen LogP contribution in [-0.2, 0) is 4.74 Å². The number of nitrogens with one attached hydrogen (secondary N) is 2. The molecule has 0 saturated carbocycles. The lowest BCUT2D eigenvalue weighted by Crippen LogP contribution is -2.35. The van der Waals surface area contributed by atoms with E-state index in [2.05, 4.69) is 32.6 Å². The number of ether oxygens (including phenoxy) is 1. The smallest absolute Gasteiger partial charge is 0.407 e. The number of anilines is 1. The number of benzene rings is 1. The van der Waals surface area contributed by atoms with Gasteiger partial charge in [-0.3, -0.25) is 0 Å². The van der Waals surface area contributed by atoms with Crippen molar-refractivity contribution in [2.24, 2.45) is 0 Å². The average molecular weight is 340 g/mol. The molecule has 0 bridgehead atoms. The minimum Gasteiger partial charge on any atom is -0.444 e. The van der Waals surface area contributed by atoms with Crippen LogP contribution in [-0.4, -0.2) is 24.8 Å². The minimum absolute atomic E-state index is 0.409. The Labute approximate surface area is 127 Å². The largest absolute Gasteiger partial charge is 0.444 e. The quantitative estimate of drug-likeness (QED) is 0.825. The molecule has 5 nitrogen and oxygen atoms in total. The monoisotopic (exact) mass is 339 g/mol. The molecule has 0 aromatic heterocycles. The van der Waals surface area contributed by atoms with Crippen molar-refractivity contribution in [1.82, 2.24) is 5.32 Å². The highest BCUT2D eigenvalue weighted by molar-refractivity contribution is 9.10. The summed E-state index contributed by atoms with van der Waals surface area (Å²) in [7, 11) is 0. The molecule has 0 unspecified atom stereocenters. The summed E-state index contributed by atoms with van der Waals surface area (Å²) in [6, 6.07) is 7.47. The Bertz CT molecular complexity index is 518. The number of alkyl carbamates (subject to hydrolysis) is 1. The summed E-state index contributed by atoms with van der Waals surface area (Å²) in [6.07, 6.45) is -0.450.